The van der Waals surface area contributed by atoms with Crippen molar-refractivity contribution < 1.29 is 9.32 Å². The molecular weight excluding hydrogens is 425 g/mol. The van der Waals surface area contributed by atoms with E-state index in [0.717, 1.165) is 10.4 Å². The first-order chi connectivity index (χ1) is 13.1. The van der Waals surface area contributed by atoms with Crippen LogP contribution in [0.4, 0.5) is 0 Å². The summed E-state index contributed by atoms with van der Waals surface area (Å²) in [7, 11) is 0. The molecule has 3 aromatic rings. The molecule has 1 amide bonds. The van der Waals surface area contributed by atoms with E-state index in [9.17, 15) is 4.79 Å². The Balaban J connectivity index is 1.52. The predicted molar refractivity (Wildman–Crippen MR) is 111 cm³/mol. The average Bonchev–Trinajstić information content (AvgIpc) is 3.34. The number of rotatable bonds is 8. The molecule has 0 aliphatic rings. The van der Waals surface area contributed by atoms with Crippen molar-refractivity contribution >= 4 is 52.2 Å². The van der Waals surface area contributed by atoms with Gasteiger partial charge in [-0.25, -0.2) is 0 Å². The third-order valence-electron chi connectivity index (χ3n) is 3.75. The molecule has 0 aliphatic carbocycles. The molecule has 0 bridgehead atoms. The van der Waals surface area contributed by atoms with Crippen molar-refractivity contribution in [3.8, 4) is 10.7 Å². The molecule has 27 heavy (non-hydrogen) atoms. The highest BCUT2D eigenvalue weighted by Gasteiger charge is 2.17. The Morgan fingerprint density at radius 2 is 2.15 bits per heavy atom. The highest BCUT2D eigenvalue weighted by Crippen LogP contribution is 2.25. The van der Waals surface area contributed by atoms with E-state index in [1.807, 2.05) is 36.6 Å². The SMILES string of the molecule is CCN(Cc1nc(-c2cccs2)no1)C(=O)CSCc1ccc(Cl)c(Cl)c1. The molecule has 2 aromatic heterocycles. The molecule has 0 atom stereocenters. The molecule has 5 nitrogen and oxygen atoms in total. The number of amides is 1. The molecule has 0 spiro atoms. The Kier molecular flexibility index (Phi) is 7.18. The molecule has 9 heteroatoms. The Bertz CT molecular complexity index is 900. The second-order valence-electron chi connectivity index (χ2n) is 5.64. The summed E-state index contributed by atoms with van der Waals surface area (Å²) in [6.07, 6.45) is 0. The number of nitrogens with zero attached hydrogens (tertiary/aromatic N) is 3. The van der Waals surface area contributed by atoms with Crippen molar-refractivity contribution in [1.29, 1.82) is 0 Å². The maximum atomic E-state index is 12.5. The first-order valence-corrected chi connectivity index (χ1v) is 11.0. The smallest absolute Gasteiger partial charge is 0.246 e. The fourth-order valence-corrected chi connectivity index (χ4v) is 4.19. The summed E-state index contributed by atoms with van der Waals surface area (Å²) in [5, 5.41) is 6.99. The molecule has 0 N–H and O–H groups in total. The second-order valence-corrected chi connectivity index (χ2v) is 8.39. The Hall–Kier alpha value is -1.54. The maximum Gasteiger partial charge on any atom is 0.246 e. The summed E-state index contributed by atoms with van der Waals surface area (Å²) >= 11 is 15.0. The van der Waals surface area contributed by atoms with Crippen LogP contribution in [0.1, 0.15) is 18.4 Å². The van der Waals surface area contributed by atoms with Crippen LogP contribution >= 0.6 is 46.3 Å². The predicted octanol–water partition coefficient (Wildman–Crippen LogP) is 5.39. The molecular formula is C18H17Cl2N3O2S2. The van der Waals surface area contributed by atoms with Crippen LogP contribution < -0.4 is 0 Å². The van der Waals surface area contributed by atoms with Crippen LogP contribution in [-0.4, -0.2) is 33.2 Å². The minimum absolute atomic E-state index is 0.0263. The van der Waals surface area contributed by atoms with Crippen molar-refractivity contribution in [2.24, 2.45) is 0 Å². The topological polar surface area (TPSA) is 59.2 Å². The van der Waals surface area contributed by atoms with Gasteiger partial charge in [-0.05, 0) is 36.1 Å². The summed E-state index contributed by atoms with van der Waals surface area (Å²) in [4.78, 5) is 19.5. The van der Waals surface area contributed by atoms with Crippen LogP contribution in [0.3, 0.4) is 0 Å². The van der Waals surface area contributed by atoms with Crippen LogP contribution in [0.5, 0.6) is 0 Å². The van der Waals surface area contributed by atoms with Gasteiger partial charge in [-0.1, -0.05) is 40.5 Å². The van der Waals surface area contributed by atoms with E-state index in [2.05, 4.69) is 10.1 Å². The molecule has 3 rings (SSSR count). The van der Waals surface area contributed by atoms with Crippen LogP contribution in [0.2, 0.25) is 10.0 Å². The molecule has 142 valence electrons. The number of benzene rings is 1. The number of thioether (sulfide) groups is 1. The molecule has 0 radical (unpaired) electrons. The number of carbonyl (C=O) groups is 1. The van der Waals surface area contributed by atoms with Crippen LogP contribution in [0.25, 0.3) is 10.7 Å². The highest BCUT2D eigenvalue weighted by atomic mass is 35.5. The van der Waals surface area contributed by atoms with Crippen LogP contribution in [0.15, 0.2) is 40.2 Å². The Labute approximate surface area is 175 Å². The zero-order valence-electron chi connectivity index (χ0n) is 14.5. The third kappa shape index (κ3) is 5.48. The minimum atomic E-state index is 0.0263. The second kappa shape index (κ2) is 9.59. The standard InChI is InChI=1S/C18H17Cl2N3O2S2/c1-2-23(9-16-21-18(22-25-16)15-4-3-7-27-15)17(24)11-26-10-12-5-6-13(19)14(20)8-12/h3-8H,2,9-11H2,1H3. The molecule has 1 aromatic carbocycles. The maximum absolute atomic E-state index is 12.5. The van der Waals surface area contributed by atoms with E-state index in [1.54, 1.807) is 22.3 Å². The van der Waals surface area contributed by atoms with Crippen LogP contribution in [0, 0.1) is 0 Å². The summed E-state index contributed by atoms with van der Waals surface area (Å²) in [6, 6.07) is 9.36. The monoisotopic (exact) mass is 441 g/mol. The molecule has 0 aliphatic heterocycles. The summed E-state index contributed by atoms with van der Waals surface area (Å²) in [5.74, 6) is 2.06. The van der Waals surface area contributed by atoms with Gasteiger partial charge in [-0.15, -0.1) is 23.1 Å². The van der Waals surface area contributed by atoms with Crippen molar-refractivity contribution in [2.75, 3.05) is 12.3 Å². The van der Waals surface area contributed by atoms with Crippen LogP contribution in [-0.2, 0) is 17.1 Å². The van der Waals surface area contributed by atoms with Crippen molar-refractivity contribution in [3.63, 3.8) is 0 Å². The van der Waals surface area contributed by atoms with Gasteiger partial charge in [0.25, 0.3) is 0 Å². The number of hydrogen-bond donors (Lipinski definition) is 0. The average molecular weight is 442 g/mol. The van der Waals surface area contributed by atoms with Gasteiger partial charge in [0, 0.05) is 12.3 Å². The largest absolute Gasteiger partial charge is 0.337 e. The van der Waals surface area contributed by atoms with Gasteiger partial charge >= 0.3 is 0 Å². The first-order valence-electron chi connectivity index (χ1n) is 8.22. The van der Waals surface area contributed by atoms with Gasteiger partial charge in [0.1, 0.15) is 0 Å². The third-order valence-corrected chi connectivity index (χ3v) is 6.34. The summed E-state index contributed by atoms with van der Waals surface area (Å²) < 4.78 is 5.29. The lowest BCUT2D eigenvalue weighted by Gasteiger charge is -2.18. The Morgan fingerprint density at radius 3 is 2.85 bits per heavy atom. The fourth-order valence-electron chi connectivity index (χ4n) is 2.34. The lowest BCUT2D eigenvalue weighted by Crippen LogP contribution is -2.31. The number of halogens is 2. The molecule has 0 saturated heterocycles. The zero-order chi connectivity index (χ0) is 19.2. The van der Waals surface area contributed by atoms with Crippen molar-refractivity contribution in [2.45, 2.75) is 19.2 Å². The van der Waals surface area contributed by atoms with E-state index in [0.29, 0.717) is 46.4 Å². The van der Waals surface area contributed by atoms with E-state index in [4.69, 9.17) is 27.7 Å². The fraction of sp³-hybridized carbons (Fsp3) is 0.278. The lowest BCUT2D eigenvalue weighted by atomic mass is 10.2. The molecule has 0 fully saturated rings. The van der Waals surface area contributed by atoms with Gasteiger partial charge in [0.2, 0.25) is 17.6 Å². The zero-order valence-corrected chi connectivity index (χ0v) is 17.7. The number of aromatic nitrogens is 2. The minimum Gasteiger partial charge on any atom is -0.337 e. The van der Waals surface area contributed by atoms with E-state index >= 15 is 0 Å². The quantitative estimate of drug-likeness (QED) is 0.468. The van der Waals surface area contributed by atoms with Gasteiger partial charge in [-0.3, -0.25) is 4.79 Å². The van der Waals surface area contributed by atoms with Crippen molar-refractivity contribution in [3.05, 3.63) is 57.2 Å². The van der Waals surface area contributed by atoms with Gasteiger partial charge < -0.3 is 9.42 Å². The number of carbonyl (C=O) groups excluding carboxylic acids is 1. The van der Waals surface area contributed by atoms with Gasteiger partial charge in [0.15, 0.2) is 0 Å². The molecule has 0 saturated carbocycles. The lowest BCUT2D eigenvalue weighted by molar-refractivity contribution is -0.129. The highest BCUT2D eigenvalue weighted by molar-refractivity contribution is 7.99. The number of thiophene rings is 1. The molecule has 0 unspecified atom stereocenters. The van der Waals surface area contributed by atoms with Gasteiger partial charge in [-0.2, -0.15) is 4.98 Å². The number of hydrogen-bond acceptors (Lipinski definition) is 6. The normalized spacial score (nSPS) is 10.9. The first kappa shape index (κ1) is 20.2. The van der Waals surface area contributed by atoms with E-state index < -0.39 is 0 Å². The summed E-state index contributed by atoms with van der Waals surface area (Å²) in [5.41, 5.74) is 1.03. The Morgan fingerprint density at radius 1 is 1.30 bits per heavy atom. The molecule has 2 heterocycles. The summed E-state index contributed by atoms with van der Waals surface area (Å²) in [6.45, 7) is 2.81. The van der Waals surface area contributed by atoms with E-state index in [1.165, 1.54) is 11.8 Å². The van der Waals surface area contributed by atoms with Gasteiger partial charge in [0.05, 0.1) is 27.2 Å². The van der Waals surface area contributed by atoms with E-state index in [-0.39, 0.29) is 5.91 Å². The van der Waals surface area contributed by atoms with Crippen molar-refractivity contribution in [1.82, 2.24) is 15.0 Å².